The zero-order valence-corrected chi connectivity index (χ0v) is 12.3. The normalized spacial score (nSPS) is 19.6. The lowest BCUT2D eigenvalue weighted by Gasteiger charge is -2.20. The summed E-state index contributed by atoms with van der Waals surface area (Å²) in [5, 5.41) is 0.326. The van der Waals surface area contributed by atoms with Gasteiger partial charge >= 0.3 is 0 Å². The SMILES string of the molecule is Cc1c(N)cc(Cl)cc1S(=O)(=O)NC1CC=CCC1. The molecular formula is C13H17ClN2O2S. The molecule has 0 saturated heterocycles. The zero-order valence-electron chi connectivity index (χ0n) is 10.7. The Bertz CT molecular complexity index is 611. The molecule has 2 rings (SSSR count). The van der Waals surface area contributed by atoms with E-state index in [1.165, 1.54) is 6.07 Å². The van der Waals surface area contributed by atoms with Gasteiger partial charge in [0.1, 0.15) is 0 Å². The molecule has 1 aliphatic carbocycles. The molecule has 1 unspecified atom stereocenters. The number of benzene rings is 1. The lowest BCUT2D eigenvalue weighted by molar-refractivity contribution is 0.522. The van der Waals surface area contributed by atoms with E-state index in [0.717, 1.165) is 12.8 Å². The smallest absolute Gasteiger partial charge is 0.241 e. The fourth-order valence-electron chi connectivity index (χ4n) is 2.14. The minimum Gasteiger partial charge on any atom is -0.398 e. The van der Waals surface area contributed by atoms with E-state index >= 15 is 0 Å². The van der Waals surface area contributed by atoms with Crippen LogP contribution < -0.4 is 10.5 Å². The fourth-order valence-corrected chi connectivity index (χ4v) is 4.01. The topological polar surface area (TPSA) is 72.2 Å². The van der Waals surface area contributed by atoms with Gasteiger partial charge in [0.05, 0.1) is 4.90 Å². The van der Waals surface area contributed by atoms with E-state index in [1.54, 1.807) is 13.0 Å². The summed E-state index contributed by atoms with van der Waals surface area (Å²) in [7, 11) is -3.58. The molecule has 3 N–H and O–H groups in total. The number of halogens is 1. The van der Waals surface area contributed by atoms with Gasteiger partial charge in [0.15, 0.2) is 0 Å². The van der Waals surface area contributed by atoms with Gasteiger partial charge in [0.25, 0.3) is 0 Å². The first-order valence-electron chi connectivity index (χ1n) is 6.13. The molecule has 1 aliphatic rings. The van der Waals surface area contributed by atoms with Gasteiger partial charge in [-0.15, -0.1) is 0 Å². The van der Waals surface area contributed by atoms with Crippen LogP contribution in [0.3, 0.4) is 0 Å². The van der Waals surface area contributed by atoms with Crippen LogP contribution in [0, 0.1) is 6.92 Å². The van der Waals surface area contributed by atoms with Gasteiger partial charge in [-0.05, 0) is 43.9 Å². The largest absolute Gasteiger partial charge is 0.398 e. The van der Waals surface area contributed by atoms with Crippen LogP contribution in [-0.2, 0) is 10.0 Å². The minimum atomic E-state index is -3.58. The Kier molecular flexibility index (Phi) is 4.18. The number of nitrogens with one attached hydrogen (secondary N) is 1. The monoisotopic (exact) mass is 300 g/mol. The average Bonchev–Trinajstić information content (AvgIpc) is 2.34. The van der Waals surface area contributed by atoms with Crippen molar-refractivity contribution in [3.05, 3.63) is 34.9 Å². The average molecular weight is 301 g/mol. The van der Waals surface area contributed by atoms with Crippen LogP contribution in [0.1, 0.15) is 24.8 Å². The molecule has 19 heavy (non-hydrogen) atoms. The van der Waals surface area contributed by atoms with Crippen LogP contribution in [0.2, 0.25) is 5.02 Å². The van der Waals surface area contributed by atoms with Crippen molar-refractivity contribution in [2.45, 2.75) is 37.1 Å². The van der Waals surface area contributed by atoms with Crippen molar-refractivity contribution in [2.24, 2.45) is 0 Å². The van der Waals surface area contributed by atoms with Gasteiger partial charge in [-0.3, -0.25) is 0 Å². The molecule has 1 atom stereocenters. The number of nitrogen functional groups attached to an aromatic ring is 1. The summed E-state index contributed by atoms with van der Waals surface area (Å²) in [4.78, 5) is 0.159. The maximum atomic E-state index is 12.4. The molecule has 0 saturated carbocycles. The summed E-state index contributed by atoms with van der Waals surface area (Å²) in [6.45, 7) is 1.68. The third kappa shape index (κ3) is 3.29. The molecule has 0 heterocycles. The Labute approximate surface area is 118 Å². The van der Waals surface area contributed by atoms with Crippen molar-refractivity contribution in [2.75, 3.05) is 5.73 Å². The van der Waals surface area contributed by atoms with Crippen molar-refractivity contribution in [3.8, 4) is 0 Å². The summed E-state index contributed by atoms with van der Waals surface area (Å²) < 4.78 is 27.5. The Balaban J connectivity index is 2.31. The van der Waals surface area contributed by atoms with Crippen molar-refractivity contribution >= 4 is 27.3 Å². The number of anilines is 1. The van der Waals surface area contributed by atoms with E-state index in [2.05, 4.69) is 10.8 Å². The number of rotatable bonds is 3. The van der Waals surface area contributed by atoms with E-state index in [1.807, 2.05) is 6.08 Å². The molecule has 4 nitrogen and oxygen atoms in total. The molecule has 0 spiro atoms. The summed E-state index contributed by atoms with van der Waals surface area (Å²) >= 11 is 5.89. The molecule has 0 radical (unpaired) electrons. The Morgan fingerprint density at radius 1 is 1.37 bits per heavy atom. The molecule has 1 aromatic rings. The molecular weight excluding hydrogens is 284 g/mol. The number of hydrogen-bond donors (Lipinski definition) is 2. The highest BCUT2D eigenvalue weighted by Crippen LogP contribution is 2.26. The second kappa shape index (κ2) is 5.53. The van der Waals surface area contributed by atoms with E-state index < -0.39 is 10.0 Å². The highest BCUT2D eigenvalue weighted by molar-refractivity contribution is 7.89. The van der Waals surface area contributed by atoms with E-state index in [0.29, 0.717) is 22.7 Å². The first-order chi connectivity index (χ1) is 8.90. The number of nitrogens with two attached hydrogens (primary N) is 1. The molecule has 0 aliphatic heterocycles. The van der Waals surface area contributed by atoms with Crippen LogP contribution in [-0.4, -0.2) is 14.5 Å². The highest BCUT2D eigenvalue weighted by atomic mass is 35.5. The zero-order chi connectivity index (χ0) is 14.0. The third-order valence-corrected chi connectivity index (χ3v) is 5.11. The molecule has 0 fully saturated rings. The van der Waals surface area contributed by atoms with Crippen LogP contribution >= 0.6 is 11.6 Å². The van der Waals surface area contributed by atoms with Gasteiger partial charge in [0.2, 0.25) is 10.0 Å². The minimum absolute atomic E-state index is 0.0605. The number of allylic oxidation sites excluding steroid dienone is 1. The van der Waals surface area contributed by atoms with Crippen molar-refractivity contribution < 1.29 is 8.42 Å². The van der Waals surface area contributed by atoms with E-state index in [9.17, 15) is 8.42 Å². The molecule has 104 valence electrons. The van der Waals surface area contributed by atoms with Crippen LogP contribution in [0.5, 0.6) is 0 Å². The van der Waals surface area contributed by atoms with Gasteiger partial charge in [-0.2, -0.15) is 0 Å². The second-order valence-electron chi connectivity index (χ2n) is 4.72. The van der Waals surface area contributed by atoms with Gasteiger partial charge in [-0.25, -0.2) is 13.1 Å². The van der Waals surface area contributed by atoms with Crippen molar-refractivity contribution in [1.29, 1.82) is 0 Å². The molecule has 6 heteroatoms. The summed E-state index contributed by atoms with van der Waals surface area (Å²) in [5.41, 5.74) is 6.68. The van der Waals surface area contributed by atoms with E-state index in [-0.39, 0.29) is 10.9 Å². The highest BCUT2D eigenvalue weighted by Gasteiger charge is 2.23. The Morgan fingerprint density at radius 2 is 2.11 bits per heavy atom. The first-order valence-corrected chi connectivity index (χ1v) is 7.99. The molecule has 0 bridgehead atoms. The molecule has 1 aromatic carbocycles. The summed E-state index contributed by atoms with van der Waals surface area (Å²) in [6.07, 6.45) is 6.48. The molecule has 0 amide bonds. The van der Waals surface area contributed by atoms with Crippen LogP contribution in [0.15, 0.2) is 29.2 Å². The lowest BCUT2D eigenvalue weighted by Crippen LogP contribution is -2.35. The van der Waals surface area contributed by atoms with Gasteiger partial charge in [0, 0.05) is 16.8 Å². The Hall–Kier alpha value is -1.04. The summed E-state index contributed by atoms with van der Waals surface area (Å²) in [6, 6.07) is 2.93. The Morgan fingerprint density at radius 3 is 2.74 bits per heavy atom. The lowest BCUT2D eigenvalue weighted by atomic mass is 10.0. The standard InChI is InChI=1S/C13H17ClN2O2S/c1-9-12(15)7-10(14)8-13(9)19(17,18)16-11-5-3-2-4-6-11/h2-3,7-8,11,16H,4-6,15H2,1H3. The van der Waals surface area contributed by atoms with Crippen LogP contribution in [0.4, 0.5) is 5.69 Å². The quantitative estimate of drug-likeness (QED) is 0.666. The number of sulfonamides is 1. The van der Waals surface area contributed by atoms with Gasteiger partial charge in [-0.1, -0.05) is 23.8 Å². The first kappa shape index (κ1) is 14.4. The molecule has 0 aromatic heterocycles. The second-order valence-corrected chi connectivity index (χ2v) is 6.84. The predicted molar refractivity (Wildman–Crippen MR) is 77.7 cm³/mol. The van der Waals surface area contributed by atoms with Crippen LogP contribution in [0.25, 0.3) is 0 Å². The van der Waals surface area contributed by atoms with Crippen molar-refractivity contribution in [1.82, 2.24) is 4.72 Å². The van der Waals surface area contributed by atoms with Gasteiger partial charge < -0.3 is 5.73 Å². The maximum Gasteiger partial charge on any atom is 0.241 e. The third-order valence-electron chi connectivity index (χ3n) is 3.25. The summed E-state index contributed by atoms with van der Waals surface area (Å²) in [5.74, 6) is 0. The maximum absolute atomic E-state index is 12.4. The number of hydrogen-bond acceptors (Lipinski definition) is 3. The fraction of sp³-hybridized carbons (Fsp3) is 0.385. The predicted octanol–water partition coefficient (Wildman–Crippen LogP) is 2.62. The van der Waals surface area contributed by atoms with E-state index in [4.69, 9.17) is 17.3 Å². The van der Waals surface area contributed by atoms with Crippen molar-refractivity contribution in [3.63, 3.8) is 0 Å².